The summed E-state index contributed by atoms with van der Waals surface area (Å²) < 4.78 is 1.99. The predicted octanol–water partition coefficient (Wildman–Crippen LogP) is -3.63. The molecule has 8 heteroatoms. The number of halogens is 2. The molecule has 0 aliphatic rings. The van der Waals surface area contributed by atoms with Crippen LogP contribution in [0.15, 0.2) is 0 Å². The Bertz CT molecular complexity index is 262. The Morgan fingerprint density at radius 1 is 1.82 bits per heavy atom. The first-order valence-corrected chi connectivity index (χ1v) is 9.84. The Morgan fingerprint density at radius 2 is 2.55 bits per heavy atom. The number of aromatic nitrogens is 4. The molecule has 0 aromatic carbocycles. The molecule has 0 spiro atoms. The summed E-state index contributed by atoms with van der Waals surface area (Å²) in [6, 6.07) is 0. The van der Waals surface area contributed by atoms with Gasteiger partial charge in [0.25, 0.3) is 0 Å². The molecule has 11 heavy (non-hydrogen) atoms. The normalized spacial score (nSPS) is 10.3. The van der Waals surface area contributed by atoms with Crippen LogP contribution in [0, 0.1) is 3.83 Å². The molecule has 0 amide bonds. The molecule has 0 fully saturated rings. The van der Waals surface area contributed by atoms with Crippen LogP contribution in [0.3, 0.4) is 0 Å². The summed E-state index contributed by atoms with van der Waals surface area (Å²) in [4.78, 5) is 10.2. The third-order valence-electron chi connectivity index (χ3n) is 0.837. The van der Waals surface area contributed by atoms with Gasteiger partial charge in [-0.05, 0) is 0 Å². The second-order valence-electron chi connectivity index (χ2n) is 1.57. The molecule has 1 N–H and O–H groups in total. The summed E-state index contributed by atoms with van der Waals surface area (Å²) in [7, 11) is 0. The molecule has 6 nitrogen and oxygen atoms in total. The van der Waals surface area contributed by atoms with Gasteiger partial charge in [-0.1, -0.05) is 0 Å². The summed E-state index contributed by atoms with van der Waals surface area (Å²) in [5.41, 5.74) is 0. The van der Waals surface area contributed by atoms with E-state index < -0.39 is 5.97 Å². The number of carbonyl (C=O) groups is 1. The summed E-state index contributed by atoms with van der Waals surface area (Å²) >= 11 is 1.90. The van der Waals surface area contributed by atoms with Crippen molar-refractivity contribution in [3.05, 3.63) is 3.83 Å². The van der Waals surface area contributed by atoms with Crippen molar-refractivity contribution in [3.63, 3.8) is 0 Å². The fourth-order valence-corrected chi connectivity index (χ4v) is 3.08. The van der Waals surface area contributed by atoms with Crippen LogP contribution < -0.4 is 17.2 Å². The molecule has 0 saturated heterocycles. The maximum atomic E-state index is 10.2. The van der Waals surface area contributed by atoms with Gasteiger partial charge in [-0.2, -0.15) is 0 Å². The van der Waals surface area contributed by atoms with Crippen LogP contribution in [0.25, 0.3) is 0 Å². The Labute approximate surface area is 81.8 Å². The average Bonchev–Trinajstić information content (AvgIpc) is 2.34. The first kappa shape index (κ1) is 9.09. The van der Waals surface area contributed by atoms with E-state index in [9.17, 15) is 4.79 Å². The number of carboxylic acids is 1. The maximum absolute atomic E-state index is 10.2. The van der Waals surface area contributed by atoms with E-state index in [4.69, 9.17) is 5.11 Å². The fraction of sp³-hybridized carbons (Fsp3) is 0.333. The van der Waals surface area contributed by atoms with Crippen LogP contribution in [-0.2, 0) is 11.3 Å². The second kappa shape index (κ2) is 4.13. The van der Waals surface area contributed by atoms with E-state index in [0.29, 0.717) is 3.83 Å². The van der Waals surface area contributed by atoms with Gasteiger partial charge >= 0.3 is 82.3 Å². The van der Waals surface area contributed by atoms with Gasteiger partial charge in [0, 0.05) is 0 Å². The number of rotatable bonds is 3. The van der Waals surface area contributed by atoms with Gasteiger partial charge in [0.05, 0.1) is 0 Å². The molecule has 0 atom stereocenters. The molecular formula is C3H3I2N4O2-. The SMILES string of the molecule is O=C(O)Cn1nnnc1[I-]I. The van der Waals surface area contributed by atoms with E-state index in [2.05, 4.69) is 34.1 Å². The van der Waals surface area contributed by atoms with Gasteiger partial charge in [0.15, 0.2) is 0 Å². The van der Waals surface area contributed by atoms with Crippen molar-refractivity contribution < 1.29 is 27.1 Å². The average molecular weight is 381 g/mol. The van der Waals surface area contributed by atoms with E-state index in [1.807, 2.05) is 0 Å². The molecule has 1 rings (SSSR count). The molecule has 0 bridgehead atoms. The van der Waals surface area contributed by atoms with E-state index >= 15 is 0 Å². The molecule has 0 saturated carbocycles. The van der Waals surface area contributed by atoms with Crippen LogP contribution in [0.1, 0.15) is 0 Å². The van der Waals surface area contributed by atoms with Crippen LogP contribution >= 0.6 is 18.6 Å². The Balaban J connectivity index is 2.76. The minimum absolute atomic E-state index is 0.148. The van der Waals surface area contributed by atoms with Crippen LogP contribution in [0.4, 0.5) is 0 Å². The van der Waals surface area contributed by atoms with Gasteiger partial charge in [-0.25, -0.2) is 0 Å². The minimum atomic E-state index is -0.924. The van der Waals surface area contributed by atoms with Crippen LogP contribution in [-0.4, -0.2) is 31.3 Å². The van der Waals surface area contributed by atoms with E-state index in [1.165, 1.54) is 4.68 Å². The number of carboxylic acid groups (broad SMARTS) is 1. The Morgan fingerprint density at radius 3 is 3.09 bits per heavy atom. The van der Waals surface area contributed by atoms with Gasteiger partial charge in [-0.15, -0.1) is 0 Å². The molecule has 0 radical (unpaired) electrons. The van der Waals surface area contributed by atoms with Crippen molar-refractivity contribution in [2.75, 3.05) is 0 Å². The van der Waals surface area contributed by atoms with E-state index in [0.717, 1.165) is 0 Å². The molecule has 0 aliphatic heterocycles. The zero-order valence-electron chi connectivity index (χ0n) is 5.11. The third-order valence-corrected chi connectivity index (χ3v) is 4.42. The fourth-order valence-electron chi connectivity index (χ4n) is 0.470. The van der Waals surface area contributed by atoms with Crippen LogP contribution in [0.5, 0.6) is 0 Å². The summed E-state index contributed by atoms with van der Waals surface area (Å²) in [6.45, 7) is -0.148. The zero-order chi connectivity index (χ0) is 8.27. The van der Waals surface area contributed by atoms with Crippen LogP contribution in [0.2, 0.25) is 0 Å². The molecule has 0 aliphatic carbocycles. The number of nitrogens with zero attached hydrogens (tertiary/aromatic N) is 4. The molecule has 0 unspecified atom stereocenters. The van der Waals surface area contributed by atoms with Crippen molar-refractivity contribution >= 4 is 24.6 Å². The van der Waals surface area contributed by atoms with Gasteiger partial charge in [0.2, 0.25) is 0 Å². The quantitative estimate of drug-likeness (QED) is 0.547. The summed E-state index contributed by atoms with van der Waals surface area (Å²) in [5.74, 6) is -0.924. The molecule has 1 aromatic heterocycles. The number of aliphatic carboxylic acids is 1. The Hall–Kier alpha value is 0. The van der Waals surface area contributed by atoms with E-state index in [1.54, 1.807) is 0 Å². The zero-order valence-corrected chi connectivity index (χ0v) is 9.42. The topological polar surface area (TPSA) is 80.9 Å². The molecule has 1 heterocycles. The van der Waals surface area contributed by atoms with Gasteiger partial charge in [0.1, 0.15) is 0 Å². The second-order valence-corrected chi connectivity index (χ2v) is 5.68. The third kappa shape index (κ3) is 2.50. The number of hydrogen-bond donors (Lipinski definition) is 1. The summed E-state index contributed by atoms with van der Waals surface area (Å²) in [5, 5.41) is 19.0. The molecule has 1 aromatic rings. The van der Waals surface area contributed by atoms with Crippen molar-refractivity contribution in [3.8, 4) is 0 Å². The van der Waals surface area contributed by atoms with Crippen molar-refractivity contribution in [1.82, 2.24) is 20.2 Å². The van der Waals surface area contributed by atoms with Crippen molar-refractivity contribution in [1.29, 1.82) is 0 Å². The summed E-state index contributed by atoms with van der Waals surface area (Å²) in [6.07, 6.45) is 0. The van der Waals surface area contributed by atoms with Gasteiger partial charge in [-0.3, -0.25) is 0 Å². The monoisotopic (exact) mass is 381 g/mol. The Kier molecular flexibility index (Phi) is 3.42. The first-order valence-electron chi connectivity index (χ1n) is 2.48. The number of tetrazole rings is 1. The molecular weight excluding hydrogens is 378 g/mol. The van der Waals surface area contributed by atoms with Crippen molar-refractivity contribution in [2.24, 2.45) is 0 Å². The number of hydrogen-bond acceptors (Lipinski definition) is 4. The van der Waals surface area contributed by atoms with E-state index in [-0.39, 0.29) is 23.8 Å². The standard InChI is InChI=1S/C3H3I2N4O2/c4-5-3-6-7-8-9(3)1-2(10)11/h1H2,(H,10,11)/q-1. The predicted molar refractivity (Wildman–Crippen MR) is 38.2 cm³/mol. The molecule has 62 valence electrons. The van der Waals surface area contributed by atoms with Gasteiger partial charge < -0.3 is 0 Å². The van der Waals surface area contributed by atoms with Crippen molar-refractivity contribution in [2.45, 2.75) is 6.54 Å². The first-order chi connectivity index (χ1) is 5.24.